The van der Waals surface area contributed by atoms with Gasteiger partial charge in [0.25, 0.3) is 5.69 Å². The zero-order valence-electron chi connectivity index (χ0n) is 16.2. The highest BCUT2D eigenvalue weighted by atomic mass is 16.6. The van der Waals surface area contributed by atoms with Crippen molar-refractivity contribution in [2.45, 2.75) is 32.9 Å². The van der Waals surface area contributed by atoms with E-state index in [0.717, 1.165) is 4.90 Å². The van der Waals surface area contributed by atoms with Crippen molar-refractivity contribution in [1.82, 2.24) is 5.01 Å². The van der Waals surface area contributed by atoms with Crippen LogP contribution in [0.2, 0.25) is 0 Å². The second-order valence-corrected chi connectivity index (χ2v) is 8.42. The van der Waals surface area contributed by atoms with Crippen molar-refractivity contribution >= 4 is 35.2 Å². The van der Waals surface area contributed by atoms with E-state index in [0.29, 0.717) is 0 Å². The zero-order valence-corrected chi connectivity index (χ0v) is 16.2. The summed E-state index contributed by atoms with van der Waals surface area (Å²) in [7, 11) is 0. The molecule has 4 atom stereocenters. The molecule has 9 nitrogen and oxygen atoms in total. The van der Waals surface area contributed by atoms with E-state index < -0.39 is 46.1 Å². The van der Waals surface area contributed by atoms with Crippen LogP contribution < -0.4 is 4.90 Å². The fourth-order valence-corrected chi connectivity index (χ4v) is 4.26. The summed E-state index contributed by atoms with van der Waals surface area (Å²) in [6.45, 7) is 5.32. The summed E-state index contributed by atoms with van der Waals surface area (Å²) in [6, 6.07) is 3.92. The molecule has 1 aromatic rings. The first-order valence-corrected chi connectivity index (χ1v) is 9.28. The zero-order chi connectivity index (χ0) is 21.1. The second-order valence-electron chi connectivity index (χ2n) is 8.42. The lowest BCUT2D eigenvalue weighted by molar-refractivity contribution is -0.384. The SMILES string of the molecule is CC(C)(C)C(=O)[C@@H]1[C@@H]2C(=O)N(c3ccc([N+](=O)[O-])cc3)C(=O)[C@H]2[C@@H]2C=CC=NN12. The van der Waals surface area contributed by atoms with Crippen molar-refractivity contribution in [2.24, 2.45) is 22.4 Å². The maximum absolute atomic E-state index is 13.3. The van der Waals surface area contributed by atoms with E-state index >= 15 is 0 Å². The summed E-state index contributed by atoms with van der Waals surface area (Å²) in [4.78, 5) is 51.1. The lowest BCUT2D eigenvalue weighted by Gasteiger charge is -2.33. The lowest BCUT2D eigenvalue weighted by atomic mass is 9.80. The number of ketones is 1. The first-order valence-electron chi connectivity index (χ1n) is 9.28. The molecule has 9 heteroatoms. The number of nitrogens with zero attached hydrogens (tertiary/aromatic N) is 4. The van der Waals surface area contributed by atoms with Gasteiger partial charge in [0.1, 0.15) is 6.04 Å². The third-order valence-corrected chi connectivity index (χ3v) is 5.62. The smallest absolute Gasteiger partial charge is 0.269 e. The van der Waals surface area contributed by atoms with Gasteiger partial charge in [0.05, 0.1) is 28.5 Å². The Morgan fingerprint density at radius 1 is 1.10 bits per heavy atom. The molecule has 150 valence electrons. The van der Waals surface area contributed by atoms with E-state index in [9.17, 15) is 24.5 Å². The van der Waals surface area contributed by atoms with Crippen molar-refractivity contribution in [2.75, 3.05) is 4.90 Å². The standard InChI is InChI=1S/C20H20N4O5/c1-20(2,3)17(25)16-15-14(13-5-4-10-21-23(13)16)18(26)22(19(15)27)11-6-8-12(9-7-11)24(28)29/h4-10,13-16H,1-3H3/t13-,14-,15+,16-/m0/s1. The minimum absolute atomic E-state index is 0.135. The molecule has 2 fully saturated rings. The summed E-state index contributed by atoms with van der Waals surface area (Å²) < 4.78 is 0. The van der Waals surface area contributed by atoms with Crippen molar-refractivity contribution in [1.29, 1.82) is 0 Å². The van der Waals surface area contributed by atoms with Gasteiger partial charge in [0, 0.05) is 23.8 Å². The number of non-ortho nitro benzene ring substituents is 1. The number of carbonyl (C=O) groups excluding carboxylic acids is 3. The number of benzene rings is 1. The molecule has 0 saturated carbocycles. The normalized spacial score (nSPS) is 28.0. The van der Waals surface area contributed by atoms with Gasteiger partial charge in [0.15, 0.2) is 5.78 Å². The van der Waals surface area contributed by atoms with Crippen LogP contribution in [0.4, 0.5) is 11.4 Å². The van der Waals surface area contributed by atoms with Crippen molar-refractivity contribution in [3.8, 4) is 0 Å². The van der Waals surface area contributed by atoms with E-state index in [1.807, 2.05) is 0 Å². The minimum Gasteiger partial charge on any atom is -0.297 e. The van der Waals surface area contributed by atoms with Crippen molar-refractivity contribution < 1.29 is 19.3 Å². The monoisotopic (exact) mass is 396 g/mol. The summed E-state index contributed by atoms with van der Waals surface area (Å²) >= 11 is 0. The molecule has 0 radical (unpaired) electrons. The average Bonchev–Trinajstić information content (AvgIpc) is 3.14. The number of fused-ring (bicyclic) bond motifs is 3. The predicted molar refractivity (Wildman–Crippen MR) is 104 cm³/mol. The largest absolute Gasteiger partial charge is 0.297 e. The van der Waals surface area contributed by atoms with Gasteiger partial charge in [-0.2, -0.15) is 5.10 Å². The summed E-state index contributed by atoms with van der Waals surface area (Å²) in [6.07, 6.45) is 5.03. The minimum atomic E-state index is -0.852. The molecular formula is C20H20N4O5. The van der Waals surface area contributed by atoms with Gasteiger partial charge in [-0.15, -0.1) is 0 Å². The Kier molecular flexibility index (Phi) is 4.14. The van der Waals surface area contributed by atoms with Crippen LogP contribution in [0.3, 0.4) is 0 Å². The molecule has 3 aliphatic heterocycles. The van der Waals surface area contributed by atoms with Crippen molar-refractivity contribution in [3.05, 3.63) is 46.5 Å². The number of Topliss-reactive ketones (excluding diaryl/α,β-unsaturated/α-hetero) is 1. The molecule has 1 aromatic carbocycles. The van der Waals surface area contributed by atoms with Gasteiger partial charge in [-0.25, -0.2) is 4.90 Å². The van der Waals surface area contributed by atoms with Gasteiger partial charge in [-0.1, -0.05) is 26.8 Å². The van der Waals surface area contributed by atoms with Crippen LogP contribution in [0, 0.1) is 27.4 Å². The quantitative estimate of drug-likeness (QED) is 0.438. The number of hydrogen-bond acceptors (Lipinski definition) is 7. The highest BCUT2D eigenvalue weighted by Crippen LogP contribution is 2.47. The van der Waals surface area contributed by atoms with Crippen LogP contribution in [0.15, 0.2) is 41.5 Å². The number of nitro benzene ring substituents is 1. The molecule has 3 heterocycles. The molecule has 3 aliphatic rings. The fraction of sp³-hybridized carbons (Fsp3) is 0.400. The fourth-order valence-electron chi connectivity index (χ4n) is 4.26. The van der Waals surface area contributed by atoms with Crippen LogP contribution in [-0.2, 0) is 14.4 Å². The number of hydrazone groups is 1. The van der Waals surface area contributed by atoms with Crippen LogP contribution in [0.25, 0.3) is 0 Å². The van der Waals surface area contributed by atoms with Gasteiger partial charge >= 0.3 is 0 Å². The van der Waals surface area contributed by atoms with Crippen LogP contribution in [-0.4, -0.2) is 45.8 Å². The predicted octanol–water partition coefficient (Wildman–Crippen LogP) is 1.92. The van der Waals surface area contributed by atoms with Gasteiger partial charge in [-0.05, 0) is 18.2 Å². The first kappa shape index (κ1) is 19.0. The Balaban J connectivity index is 1.75. The van der Waals surface area contributed by atoms with Gasteiger partial charge in [0.2, 0.25) is 11.8 Å². The van der Waals surface area contributed by atoms with E-state index in [-0.39, 0.29) is 17.2 Å². The third kappa shape index (κ3) is 2.76. The average molecular weight is 396 g/mol. The Hall–Kier alpha value is -3.36. The van der Waals surface area contributed by atoms with Gasteiger partial charge < -0.3 is 0 Å². The number of carbonyl (C=O) groups is 3. The van der Waals surface area contributed by atoms with Gasteiger partial charge in [-0.3, -0.25) is 29.5 Å². The molecule has 2 saturated heterocycles. The maximum atomic E-state index is 13.3. The highest BCUT2D eigenvalue weighted by Gasteiger charge is 2.64. The number of amides is 2. The molecule has 4 rings (SSSR count). The number of anilines is 1. The number of imide groups is 1. The van der Waals surface area contributed by atoms with E-state index in [1.54, 1.807) is 44.1 Å². The molecular weight excluding hydrogens is 376 g/mol. The Labute approximate surface area is 166 Å². The van der Waals surface area contributed by atoms with E-state index in [2.05, 4.69) is 5.10 Å². The van der Waals surface area contributed by atoms with Crippen LogP contribution in [0.1, 0.15) is 20.8 Å². The summed E-state index contributed by atoms with van der Waals surface area (Å²) in [5.74, 6) is -2.64. The van der Waals surface area contributed by atoms with Crippen molar-refractivity contribution in [3.63, 3.8) is 0 Å². The van der Waals surface area contributed by atoms with Crippen LogP contribution >= 0.6 is 0 Å². The molecule has 2 amide bonds. The summed E-state index contributed by atoms with van der Waals surface area (Å²) in [5, 5.41) is 16.8. The molecule has 0 N–H and O–H groups in total. The lowest BCUT2D eigenvalue weighted by Crippen LogP contribution is -2.49. The molecule has 0 spiro atoms. The summed E-state index contributed by atoms with van der Waals surface area (Å²) in [5.41, 5.74) is -0.591. The first-order chi connectivity index (χ1) is 13.6. The maximum Gasteiger partial charge on any atom is 0.269 e. The topological polar surface area (TPSA) is 113 Å². The Morgan fingerprint density at radius 3 is 2.31 bits per heavy atom. The molecule has 0 aliphatic carbocycles. The van der Waals surface area contributed by atoms with Crippen LogP contribution in [0.5, 0.6) is 0 Å². The number of allylic oxidation sites excluding steroid dienone is 1. The van der Waals surface area contributed by atoms with E-state index in [4.69, 9.17) is 0 Å². The molecule has 0 bridgehead atoms. The molecule has 0 unspecified atom stereocenters. The molecule has 29 heavy (non-hydrogen) atoms. The second kappa shape index (κ2) is 6.33. The highest BCUT2D eigenvalue weighted by molar-refractivity contribution is 6.24. The third-order valence-electron chi connectivity index (χ3n) is 5.62. The number of hydrogen-bond donors (Lipinski definition) is 0. The Bertz CT molecular complexity index is 976. The number of nitro groups is 1. The Morgan fingerprint density at radius 2 is 1.72 bits per heavy atom. The molecule has 0 aromatic heterocycles. The van der Waals surface area contributed by atoms with E-state index in [1.165, 1.54) is 24.3 Å². The number of rotatable bonds is 3.